The van der Waals surface area contributed by atoms with Gasteiger partial charge in [-0.05, 0) is 49.5 Å². The standard InChI is InChI=1S/C22H24N2O.ClH/c1-23-21-5-3-2-4-19(21)20-7-6-18(15-22(20)23)25-13-10-17-14-16-8-11-24(17)12-9-16;/h2-7,10,15-16H,8-9,11-14H2,1H3;1H. The zero-order valence-corrected chi connectivity index (χ0v) is 16.0. The van der Waals surface area contributed by atoms with Crippen molar-refractivity contribution < 1.29 is 4.74 Å². The molecule has 0 spiro atoms. The summed E-state index contributed by atoms with van der Waals surface area (Å²) in [5.74, 6) is 1.86. The number of para-hydroxylation sites is 1. The molecule has 0 amide bonds. The lowest BCUT2D eigenvalue weighted by Crippen LogP contribution is -2.39. The van der Waals surface area contributed by atoms with Crippen LogP contribution >= 0.6 is 12.4 Å². The van der Waals surface area contributed by atoms with Crippen LogP contribution in [-0.4, -0.2) is 29.2 Å². The van der Waals surface area contributed by atoms with Crippen LogP contribution in [0.3, 0.4) is 0 Å². The van der Waals surface area contributed by atoms with E-state index >= 15 is 0 Å². The van der Waals surface area contributed by atoms with Crippen LogP contribution in [-0.2, 0) is 7.05 Å². The van der Waals surface area contributed by atoms with Gasteiger partial charge in [0.05, 0.1) is 5.52 Å². The second-order valence-corrected chi connectivity index (χ2v) is 7.40. The molecular formula is C22H25ClN2O. The Kier molecular flexibility index (Phi) is 4.58. The molecule has 1 aromatic heterocycles. The Morgan fingerprint density at radius 3 is 2.58 bits per heavy atom. The summed E-state index contributed by atoms with van der Waals surface area (Å²) >= 11 is 0. The van der Waals surface area contributed by atoms with Crippen LogP contribution in [0.4, 0.5) is 0 Å². The number of aromatic nitrogens is 1. The molecule has 0 unspecified atom stereocenters. The van der Waals surface area contributed by atoms with E-state index in [0.717, 1.165) is 11.7 Å². The molecule has 0 atom stereocenters. The highest BCUT2D eigenvalue weighted by Crippen LogP contribution is 2.34. The maximum absolute atomic E-state index is 6.06. The zero-order chi connectivity index (χ0) is 16.8. The number of allylic oxidation sites excluding steroid dienone is 1. The Hall–Kier alpha value is -2.13. The number of piperidine rings is 3. The SMILES string of the molecule is Cl.Cn1c2ccccc2c2ccc(OCC=C3CC4CCN3CC4)cc21. The third kappa shape index (κ3) is 2.84. The minimum absolute atomic E-state index is 0. The topological polar surface area (TPSA) is 17.4 Å². The number of rotatable bonds is 3. The van der Waals surface area contributed by atoms with Crippen LogP contribution in [0.5, 0.6) is 5.75 Å². The van der Waals surface area contributed by atoms with Gasteiger partial charge in [0.15, 0.2) is 0 Å². The lowest BCUT2D eigenvalue weighted by atomic mass is 9.86. The molecule has 0 saturated carbocycles. The van der Waals surface area contributed by atoms with Crippen molar-refractivity contribution in [2.75, 3.05) is 19.7 Å². The van der Waals surface area contributed by atoms with Gasteiger partial charge in [0.1, 0.15) is 12.4 Å². The molecule has 0 radical (unpaired) electrons. The summed E-state index contributed by atoms with van der Waals surface area (Å²) in [4.78, 5) is 2.54. The van der Waals surface area contributed by atoms with Gasteiger partial charge < -0.3 is 14.2 Å². The third-order valence-corrected chi connectivity index (χ3v) is 5.97. The molecule has 3 nitrogen and oxygen atoms in total. The summed E-state index contributed by atoms with van der Waals surface area (Å²) in [5, 5.41) is 2.60. The van der Waals surface area contributed by atoms with E-state index in [0.29, 0.717) is 6.61 Å². The van der Waals surface area contributed by atoms with Gasteiger partial charge in [0, 0.05) is 48.2 Å². The summed E-state index contributed by atoms with van der Waals surface area (Å²) in [7, 11) is 2.13. The van der Waals surface area contributed by atoms with Gasteiger partial charge in [-0.25, -0.2) is 0 Å². The number of nitrogens with zero attached hydrogens (tertiary/aromatic N) is 2. The number of halogens is 1. The maximum Gasteiger partial charge on any atom is 0.121 e. The summed E-state index contributed by atoms with van der Waals surface area (Å²) in [6.45, 7) is 3.13. The number of hydrogen-bond donors (Lipinski definition) is 0. The number of ether oxygens (including phenoxy) is 1. The Bertz CT molecular complexity index is 967. The molecule has 136 valence electrons. The van der Waals surface area contributed by atoms with Crippen molar-refractivity contribution in [3.8, 4) is 5.75 Å². The summed E-state index contributed by atoms with van der Waals surface area (Å²) in [5.41, 5.74) is 3.99. The third-order valence-electron chi connectivity index (χ3n) is 5.97. The van der Waals surface area contributed by atoms with E-state index in [2.05, 4.69) is 65.1 Å². The van der Waals surface area contributed by atoms with E-state index in [1.54, 1.807) is 0 Å². The Morgan fingerprint density at radius 2 is 1.81 bits per heavy atom. The molecular weight excluding hydrogens is 344 g/mol. The number of hydrogen-bond acceptors (Lipinski definition) is 2. The van der Waals surface area contributed by atoms with Gasteiger partial charge in [-0.3, -0.25) is 0 Å². The van der Waals surface area contributed by atoms with E-state index in [-0.39, 0.29) is 12.4 Å². The van der Waals surface area contributed by atoms with Crippen molar-refractivity contribution in [2.24, 2.45) is 13.0 Å². The average molecular weight is 369 g/mol. The zero-order valence-electron chi connectivity index (χ0n) is 15.1. The first-order valence-corrected chi connectivity index (χ1v) is 9.33. The summed E-state index contributed by atoms with van der Waals surface area (Å²) in [6.07, 6.45) is 6.27. The molecule has 4 heteroatoms. The lowest BCUT2D eigenvalue weighted by molar-refractivity contribution is 0.158. The van der Waals surface area contributed by atoms with Crippen molar-refractivity contribution in [1.29, 1.82) is 0 Å². The first-order chi connectivity index (χ1) is 12.3. The van der Waals surface area contributed by atoms with Crippen molar-refractivity contribution in [3.05, 3.63) is 54.2 Å². The number of aryl methyl sites for hydroxylation is 1. The Balaban J connectivity index is 0.00000168. The van der Waals surface area contributed by atoms with Gasteiger partial charge in [-0.1, -0.05) is 18.2 Å². The minimum Gasteiger partial charge on any atom is -0.489 e. The molecule has 3 saturated heterocycles. The molecule has 2 aromatic carbocycles. The van der Waals surface area contributed by atoms with Crippen molar-refractivity contribution >= 4 is 34.2 Å². The van der Waals surface area contributed by atoms with Crippen LogP contribution in [0.2, 0.25) is 0 Å². The average Bonchev–Trinajstić information content (AvgIpc) is 2.95. The Morgan fingerprint density at radius 1 is 1.04 bits per heavy atom. The van der Waals surface area contributed by atoms with Crippen LogP contribution < -0.4 is 4.74 Å². The molecule has 0 N–H and O–H groups in total. The molecule has 3 aliphatic heterocycles. The predicted molar refractivity (Wildman–Crippen MR) is 110 cm³/mol. The lowest BCUT2D eigenvalue weighted by Gasteiger charge is -2.42. The molecule has 3 fully saturated rings. The number of benzene rings is 2. The highest BCUT2D eigenvalue weighted by molar-refractivity contribution is 6.08. The van der Waals surface area contributed by atoms with E-state index in [9.17, 15) is 0 Å². The smallest absolute Gasteiger partial charge is 0.121 e. The predicted octanol–water partition coefficient (Wildman–Crippen LogP) is 5.13. The number of fused-ring (bicyclic) bond motifs is 6. The van der Waals surface area contributed by atoms with E-state index < -0.39 is 0 Å². The molecule has 4 heterocycles. The van der Waals surface area contributed by atoms with Crippen LogP contribution in [0.25, 0.3) is 21.8 Å². The fourth-order valence-electron chi connectivity index (χ4n) is 4.53. The first-order valence-electron chi connectivity index (χ1n) is 9.33. The largest absolute Gasteiger partial charge is 0.489 e. The molecule has 3 aliphatic rings. The highest BCUT2D eigenvalue weighted by Gasteiger charge is 2.28. The van der Waals surface area contributed by atoms with Gasteiger partial charge >= 0.3 is 0 Å². The Labute approximate surface area is 160 Å². The molecule has 6 rings (SSSR count). The van der Waals surface area contributed by atoms with E-state index in [1.165, 1.54) is 59.9 Å². The first kappa shape index (κ1) is 17.3. The molecule has 3 aromatic rings. The van der Waals surface area contributed by atoms with Gasteiger partial charge in [0.2, 0.25) is 0 Å². The van der Waals surface area contributed by atoms with E-state index in [4.69, 9.17) is 4.74 Å². The van der Waals surface area contributed by atoms with Crippen molar-refractivity contribution in [2.45, 2.75) is 19.3 Å². The fraction of sp³-hybridized carbons (Fsp3) is 0.364. The second kappa shape index (κ2) is 6.88. The maximum atomic E-state index is 6.06. The second-order valence-electron chi connectivity index (χ2n) is 7.40. The molecule has 0 aliphatic carbocycles. The van der Waals surface area contributed by atoms with Crippen molar-refractivity contribution in [1.82, 2.24) is 9.47 Å². The van der Waals surface area contributed by atoms with Crippen molar-refractivity contribution in [3.63, 3.8) is 0 Å². The highest BCUT2D eigenvalue weighted by atomic mass is 35.5. The van der Waals surface area contributed by atoms with Crippen LogP contribution in [0, 0.1) is 5.92 Å². The minimum atomic E-state index is 0. The fourth-order valence-corrected chi connectivity index (χ4v) is 4.53. The normalized spacial score (nSPS) is 18.7. The van der Waals surface area contributed by atoms with E-state index in [1.807, 2.05) is 0 Å². The van der Waals surface area contributed by atoms with Gasteiger partial charge in [0.25, 0.3) is 0 Å². The van der Waals surface area contributed by atoms with Gasteiger partial charge in [-0.15, -0.1) is 12.4 Å². The summed E-state index contributed by atoms with van der Waals surface area (Å²) < 4.78 is 8.31. The molecule has 26 heavy (non-hydrogen) atoms. The van der Waals surface area contributed by atoms with Crippen LogP contribution in [0.1, 0.15) is 19.3 Å². The monoisotopic (exact) mass is 368 g/mol. The summed E-state index contributed by atoms with van der Waals surface area (Å²) in [6, 6.07) is 15.0. The van der Waals surface area contributed by atoms with Crippen LogP contribution in [0.15, 0.2) is 54.2 Å². The van der Waals surface area contributed by atoms with Gasteiger partial charge in [-0.2, -0.15) is 0 Å². The quantitative estimate of drug-likeness (QED) is 0.637. The molecule has 2 bridgehead atoms.